The van der Waals surface area contributed by atoms with Crippen LogP contribution in [0.15, 0.2) is 48.5 Å². The predicted octanol–water partition coefficient (Wildman–Crippen LogP) is 5.04. The summed E-state index contributed by atoms with van der Waals surface area (Å²) in [7, 11) is 2.18. The molecule has 4 rings (SSSR count). The zero-order chi connectivity index (χ0) is 24.2. The summed E-state index contributed by atoms with van der Waals surface area (Å²) >= 11 is 0. The van der Waals surface area contributed by atoms with Crippen molar-refractivity contribution in [1.82, 2.24) is 19.6 Å². The Bertz CT molecular complexity index is 1080. The van der Waals surface area contributed by atoms with Crippen LogP contribution < -0.4 is 4.90 Å². The maximum absolute atomic E-state index is 13.7. The number of anilines is 1. The number of rotatable bonds is 8. The monoisotopic (exact) mass is 463 g/mol. The van der Waals surface area contributed by atoms with Crippen LogP contribution in [-0.2, 0) is 19.5 Å². The molecule has 0 spiro atoms. The molecule has 2 heterocycles. The van der Waals surface area contributed by atoms with Gasteiger partial charge in [0.1, 0.15) is 11.6 Å². The average Bonchev–Trinajstić information content (AvgIpc) is 3.18. The van der Waals surface area contributed by atoms with Crippen LogP contribution in [0.3, 0.4) is 0 Å². The van der Waals surface area contributed by atoms with Gasteiger partial charge < -0.3 is 9.80 Å². The van der Waals surface area contributed by atoms with E-state index in [1.807, 2.05) is 16.8 Å². The van der Waals surface area contributed by atoms with Gasteiger partial charge in [0.15, 0.2) is 0 Å². The van der Waals surface area contributed by atoms with E-state index in [0.29, 0.717) is 6.04 Å². The van der Waals surface area contributed by atoms with Crippen LogP contribution in [0.25, 0.3) is 5.69 Å². The average molecular weight is 464 g/mol. The Morgan fingerprint density at radius 1 is 1.00 bits per heavy atom. The van der Waals surface area contributed by atoms with Crippen LogP contribution in [0, 0.1) is 12.7 Å². The number of halogens is 1. The Kier molecular flexibility index (Phi) is 7.69. The molecule has 5 nitrogen and oxygen atoms in total. The molecule has 1 aliphatic rings. The molecule has 0 N–H and O–H groups in total. The molecule has 0 radical (unpaired) electrons. The van der Waals surface area contributed by atoms with Gasteiger partial charge in [-0.05, 0) is 64.1 Å². The maximum atomic E-state index is 13.7. The van der Waals surface area contributed by atoms with Crippen molar-refractivity contribution in [3.05, 3.63) is 76.7 Å². The third-order valence-corrected chi connectivity index (χ3v) is 6.81. The van der Waals surface area contributed by atoms with Gasteiger partial charge in [0, 0.05) is 50.9 Å². The molecular weight excluding hydrogens is 425 g/mol. The molecule has 1 saturated heterocycles. The lowest BCUT2D eigenvalue weighted by Gasteiger charge is -2.35. The van der Waals surface area contributed by atoms with Gasteiger partial charge in [-0.25, -0.2) is 9.07 Å². The number of aromatic nitrogens is 2. The summed E-state index contributed by atoms with van der Waals surface area (Å²) in [5.41, 5.74) is 5.94. The van der Waals surface area contributed by atoms with Gasteiger partial charge >= 0.3 is 0 Å². The molecule has 0 amide bonds. The summed E-state index contributed by atoms with van der Waals surface area (Å²) in [6.07, 6.45) is 0.862. The van der Waals surface area contributed by atoms with E-state index in [1.165, 1.54) is 28.8 Å². The smallest absolute Gasteiger partial charge is 0.137 e. The first-order valence-electron chi connectivity index (χ1n) is 12.5. The minimum Gasteiger partial charge on any atom is -0.354 e. The van der Waals surface area contributed by atoms with E-state index in [9.17, 15) is 4.39 Å². The molecule has 0 aliphatic carbocycles. The highest BCUT2D eigenvalue weighted by Gasteiger charge is 2.27. The summed E-state index contributed by atoms with van der Waals surface area (Å²) in [5.74, 6) is 0.934. The van der Waals surface area contributed by atoms with E-state index >= 15 is 0 Å². The highest BCUT2D eigenvalue weighted by atomic mass is 19.1. The maximum Gasteiger partial charge on any atom is 0.137 e. The molecule has 0 unspecified atom stereocenters. The summed E-state index contributed by atoms with van der Waals surface area (Å²) in [4.78, 5) is 7.36. The summed E-state index contributed by atoms with van der Waals surface area (Å²) in [6, 6.07) is 15.9. The zero-order valence-corrected chi connectivity index (χ0v) is 21.3. The Morgan fingerprint density at radius 2 is 1.71 bits per heavy atom. The summed E-state index contributed by atoms with van der Waals surface area (Å²) < 4.78 is 15.7. The number of piperazine rings is 1. The Morgan fingerprint density at radius 3 is 2.32 bits per heavy atom. The second kappa shape index (κ2) is 10.7. The van der Waals surface area contributed by atoms with Crippen molar-refractivity contribution in [1.29, 1.82) is 0 Å². The molecule has 0 bridgehead atoms. The predicted molar refractivity (Wildman–Crippen MR) is 138 cm³/mol. The van der Waals surface area contributed by atoms with E-state index in [1.54, 1.807) is 0 Å². The van der Waals surface area contributed by atoms with Crippen LogP contribution in [0.4, 0.5) is 10.2 Å². The number of hydrogen-bond donors (Lipinski definition) is 0. The van der Waals surface area contributed by atoms with Crippen molar-refractivity contribution in [3.8, 4) is 5.69 Å². The molecular formula is C28H38FN5. The fourth-order valence-corrected chi connectivity index (χ4v) is 4.71. The zero-order valence-electron chi connectivity index (χ0n) is 21.3. The van der Waals surface area contributed by atoms with E-state index in [-0.39, 0.29) is 5.82 Å². The minimum absolute atomic E-state index is 0.225. The van der Waals surface area contributed by atoms with Crippen LogP contribution in [0.5, 0.6) is 0 Å². The van der Waals surface area contributed by atoms with Crippen molar-refractivity contribution in [2.75, 3.05) is 38.1 Å². The Labute approximate surface area is 203 Å². The second-order valence-electron chi connectivity index (χ2n) is 9.77. The SMILES string of the molecule is CCc1nn(-c2ccc(F)cc2)c(N2CCN(C)CC2)c1CN(Cc1cccc(C)c1)C(C)C. The largest absolute Gasteiger partial charge is 0.354 e. The van der Waals surface area contributed by atoms with Gasteiger partial charge in [-0.1, -0.05) is 36.8 Å². The van der Waals surface area contributed by atoms with Crippen LogP contribution in [0.2, 0.25) is 0 Å². The number of nitrogens with zero attached hydrogens (tertiary/aromatic N) is 5. The molecule has 1 aromatic heterocycles. The van der Waals surface area contributed by atoms with E-state index in [0.717, 1.165) is 62.9 Å². The molecule has 2 aromatic carbocycles. The summed E-state index contributed by atoms with van der Waals surface area (Å²) in [6.45, 7) is 14.5. The van der Waals surface area contributed by atoms with E-state index in [2.05, 4.69) is 73.7 Å². The molecule has 182 valence electrons. The fourth-order valence-electron chi connectivity index (χ4n) is 4.71. The van der Waals surface area contributed by atoms with Crippen LogP contribution in [0.1, 0.15) is 43.2 Å². The fraction of sp³-hybridized carbons (Fsp3) is 0.464. The van der Waals surface area contributed by atoms with Gasteiger partial charge in [-0.15, -0.1) is 0 Å². The molecule has 0 atom stereocenters. The van der Waals surface area contributed by atoms with Crippen molar-refractivity contribution >= 4 is 5.82 Å². The first kappa shape index (κ1) is 24.4. The van der Waals surface area contributed by atoms with Crippen LogP contribution in [-0.4, -0.2) is 58.8 Å². The third kappa shape index (κ3) is 5.50. The van der Waals surface area contributed by atoms with Gasteiger partial charge in [0.05, 0.1) is 11.4 Å². The second-order valence-corrected chi connectivity index (χ2v) is 9.77. The Hall–Kier alpha value is -2.70. The topological polar surface area (TPSA) is 27.5 Å². The normalized spacial score (nSPS) is 15.0. The highest BCUT2D eigenvalue weighted by Crippen LogP contribution is 2.31. The van der Waals surface area contributed by atoms with Gasteiger partial charge in [-0.3, -0.25) is 4.90 Å². The quantitative estimate of drug-likeness (QED) is 0.468. The Balaban J connectivity index is 1.75. The lowest BCUT2D eigenvalue weighted by Crippen LogP contribution is -2.45. The summed E-state index contributed by atoms with van der Waals surface area (Å²) in [5, 5.41) is 5.07. The van der Waals surface area contributed by atoms with Crippen molar-refractivity contribution in [2.24, 2.45) is 0 Å². The molecule has 6 heteroatoms. The van der Waals surface area contributed by atoms with Crippen molar-refractivity contribution in [3.63, 3.8) is 0 Å². The third-order valence-electron chi connectivity index (χ3n) is 6.81. The van der Waals surface area contributed by atoms with Crippen molar-refractivity contribution < 1.29 is 4.39 Å². The lowest BCUT2D eigenvalue weighted by molar-refractivity contribution is 0.203. The molecule has 34 heavy (non-hydrogen) atoms. The number of benzene rings is 2. The van der Waals surface area contributed by atoms with Gasteiger partial charge in [-0.2, -0.15) is 5.10 Å². The van der Waals surface area contributed by atoms with Gasteiger partial charge in [0.25, 0.3) is 0 Å². The molecule has 1 aliphatic heterocycles. The van der Waals surface area contributed by atoms with Crippen molar-refractivity contribution in [2.45, 2.75) is 53.2 Å². The number of likely N-dealkylation sites (N-methyl/N-ethyl adjacent to an activating group) is 1. The van der Waals surface area contributed by atoms with Gasteiger partial charge in [0.2, 0.25) is 0 Å². The molecule has 3 aromatic rings. The highest BCUT2D eigenvalue weighted by molar-refractivity contribution is 5.56. The number of hydrogen-bond acceptors (Lipinski definition) is 4. The van der Waals surface area contributed by atoms with E-state index in [4.69, 9.17) is 5.10 Å². The number of aryl methyl sites for hydroxylation is 2. The molecule has 0 saturated carbocycles. The lowest BCUT2D eigenvalue weighted by atomic mass is 10.1. The minimum atomic E-state index is -0.225. The first-order chi connectivity index (χ1) is 16.4. The van der Waals surface area contributed by atoms with Crippen LogP contribution >= 0.6 is 0 Å². The van der Waals surface area contributed by atoms with E-state index < -0.39 is 0 Å². The first-order valence-corrected chi connectivity index (χ1v) is 12.5. The molecule has 1 fully saturated rings. The standard InChI is InChI=1S/C28H38FN5/c1-6-27-26(20-33(21(2)3)19-23-9-7-8-22(4)18-23)28(32-16-14-31(5)15-17-32)34(30-27)25-12-10-24(29)11-13-25/h7-13,18,21H,6,14-17,19-20H2,1-5H3.